The highest BCUT2D eigenvalue weighted by Crippen LogP contribution is 2.30. The molecule has 0 saturated heterocycles. The van der Waals surface area contributed by atoms with Gasteiger partial charge in [-0.1, -0.05) is 18.2 Å². The van der Waals surface area contributed by atoms with Gasteiger partial charge in [0.05, 0.1) is 13.4 Å². The number of carbonyl (C=O) groups is 1. The Morgan fingerprint density at radius 3 is 2.75 bits per heavy atom. The summed E-state index contributed by atoms with van der Waals surface area (Å²) in [5.41, 5.74) is 0.796. The van der Waals surface area contributed by atoms with Crippen molar-refractivity contribution in [1.82, 2.24) is 15.5 Å². The predicted octanol–water partition coefficient (Wildman–Crippen LogP) is 2.43. The number of aryl methyl sites for hydroxylation is 1. The van der Waals surface area contributed by atoms with Crippen LogP contribution in [0.4, 0.5) is 0 Å². The summed E-state index contributed by atoms with van der Waals surface area (Å²) in [6.45, 7) is 1.68. The molecular formula is C17H17N3O4. The first-order chi connectivity index (χ1) is 11.7. The van der Waals surface area contributed by atoms with Crippen LogP contribution in [-0.4, -0.2) is 23.2 Å². The van der Waals surface area contributed by atoms with Crippen molar-refractivity contribution in [3.8, 4) is 5.75 Å². The summed E-state index contributed by atoms with van der Waals surface area (Å²) in [4.78, 5) is 12.4. The van der Waals surface area contributed by atoms with Crippen molar-refractivity contribution < 1.29 is 18.4 Å². The smallest absolute Gasteiger partial charge is 0.230 e. The quantitative estimate of drug-likeness (QED) is 0.748. The number of para-hydroxylation sites is 1. The third-order valence-electron chi connectivity index (χ3n) is 3.46. The maximum Gasteiger partial charge on any atom is 0.230 e. The van der Waals surface area contributed by atoms with Crippen LogP contribution in [0.2, 0.25) is 0 Å². The average Bonchev–Trinajstić information content (AvgIpc) is 3.24. The second kappa shape index (κ2) is 6.99. The maximum absolute atomic E-state index is 12.4. The van der Waals surface area contributed by atoms with E-state index in [-0.39, 0.29) is 18.2 Å². The van der Waals surface area contributed by atoms with Gasteiger partial charge >= 0.3 is 0 Å². The third kappa shape index (κ3) is 3.45. The van der Waals surface area contributed by atoms with Crippen LogP contribution in [0, 0.1) is 6.92 Å². The number of ether oxygens (including phenoxy) is 1. The molecule has 0 saturated carbocycles. The first kappa shape index (κ1) is 15.8. The highest BCUT2D eigenvalue weighted by atomic mass is 16.5. The molecule has 24 heavy (non-hydrogen) atoms. The largest absolute Gasteiger partial charge is 0.496 e. The number of nitrogens with zero attached hydrogens (tertiary/aromatic N) is 2. The fourth-order valence-electron chi connectivity index (χ4n) is 2.42. The number of hydrogen-bond donors (Lipinski definition) is 1. The second-order valence-electron chi connectivity index (χ2n) is 5.15. The van der Waals surface area contributed by atoms with E-state index < -0.39 is 6.04 Å². The molecule has 0 aliphatic heterocycles. The van der Waals surface area contributed by atoms with E-state index in [1.54, 1.807) is 32.4 Å². The molecule has 0 aliphatic rings. The van der Waals surface area contributed by atoms with E-state index in [1.165, 1.54) is 0 Å². The Morgan fingerprint density at radius 1 is 1.25 bits per heavy atom. The van der Waals surface area contributed by atoms with Gasteiger partial charge in [-0.3, -0.25) is 4.79 Å². The Morgan fingerprint density at radius 2 is 2.08 bits per heavy atom. The maximum atomic E-state index is 12.4. The molecule has 2 heterocycles. The molecule has 0 fully saturated rings. The van der Waals surface area contributed by atoms with E-state index in [4.69, 9.17) is 13.6 Å². The lowest BCUT2D eigenvalue weighted by Crippen LogP contribution is -2.30. The summed E-state index contributed by atoms with van der Waals surface area (Å²) in [6, 6.07) is 10.5. The topological polar surface area (TPSA) is 90.4 Å². The van der Waals surface area contributed by atoms with Crippen molar-refractivity contribution >= 4 is 5.91 Å². The van der Waals surface area contributed by atoms with Crippen molar-refractivity contribution in [3.63, 3.8) is 0 Å². The molecule has 0 aliphatic carbocycles. The van der Waals surface area contributed by atoms with Gasteiger partial charge in [0.15, 0.2) is 0 Å². The molecule has 7 nitrogen and oxygen atoms in total. The Hall–Kier alpha value is -3.09. The summed E-state index contributed by atoms with van der Waals surface area (Å²) in [6.07, 6.45) is 1.55. The number of methoxy groups -OCH3 is 1. The lowest BCUT2D eigenvalue weighted by atomic mass is 10.0. The minimum atomic E-state index is -0.479. The molecule has 0 unspecified atom stereocenters. The number of carbonyl (C=O) groups excluding carboxylic acids is 1. The highest BCUT2D eigenvalue weighted by Gasteiger charge is 2.23. The van der Waals surface area contributed by atoms with Crippen molar-refractivity contribution in [2.75, 3.05) is 7.11 Å². The molecular weight excluding hydrogens is 310 g/mol. The first-order valence-electron chi connectivity index (χ1n) is 7.42. The lowest BCUT2D eigenvalue weighted by molar-refractivity contribution is -0.121. The van der Waals surface area contributed by atoms with E-state index in [0.717, 1.165) is 5.56 Å². The zero-order valence-electron chi connectivity index (χ0n) is 13.4. The summed E-state index contributed by atoms with van der Waals surface area (Å²) < 4.78 is 16.1. The van der Waals surface area contributed by atoms with Crippen molar-refractivity contribution in [2.24, 2.45) is 0 Å². The van der Waals surface area contributed by atoms with Crippen molar-refractivity contribution in [2.45, 2.75) is 19.4 Å². The van der Waals surface area contributed by atoms with E-state index in [2.05, 4.69) is 15.5 Å². The Balaban J connectivity index is 1.84. The number of furan rings is 1. The van der Waals surface area contributed by atoms with Gasteiger partial charge in [0.1, 0.15) is 24.0 Å². The molecule has 1 atom stereocenters. The van der Waals surface area contributed by atoms with E-state index in [9.17, 15) is 4.79 Å². The monoisotopic (exact) mass is 327 g/mol. The molecule has 0 spiro atoms. The van der Waals surface area contributed by atoms with Crippen LogP contribution in [0.25, 0.3) is 0 Å². The third-order valence-corrected chi connectivity index (χ3v) is 3.46. The van der Waals surface area contributed by atoms with Crippen LogP contribution in [-0.2, 0) is 11.2 Å². The van der Waals surface area contributed by atoms with Gasteiger partial charge in [-0.2, -0.15) is 0 Å². The summed E-state index contributed by atoms with van der Waals surface area (Å²) >= 11 is 0. The van der Waals surface area contributed by atoms with Crippen LogP contribution in [0.1, 0.15) is 29.1 Å². The Kier molecular flexibility index (Phi) is 4.60. The van der Waals surface area contributed by atoms with Gasteiger partial charge < -0.3 is 18.9 Å². The predicted molar refractivity (Wildman–Crippen MR) is 84.4 cm³/mol. The number of aromatic nitrogens is 2. The van der Waals surface area contributed by atoms with Crippen molar-refractivity contribution in [3.05, 3.63) is 65.8 Å². The second-order valence-corrected chi connectivity index (χ2v) is 5.15. The number of benzene rings is 1. The van der Waals surface area contributed by atoms with E-state index in [0.29, 0.717) is 17.4 Å². The molecule has 0 bridgehead atoms. The Bertz CT molecular complexity index is 811. The molecule has 1 N–H and O–H groups in total. The molecule has 2 aromatic heterocycles. The lowest BCUT2D eigenvalue weighted by Gasteiger charge is -2.19. The van der Waals surface area contributed by atoms with Crippen LogP contribution < -0.4 is 10.1 Å². The SMILES string of the molecule is COc1ccccc1[C@@H](NC(=O)Cc1nnc(C)o1)c1ccco1. The number of amides is 1. The van der Waals surface area contributed by atoms with E-state index >= 15 is 0 Å². The summed E-state index contributed by atoms with van der Waals surface area (Å²) in [5.74, 6) is 1.70. The summed E-state index contributed by atoms with van der Waals surface area (Å²) in [5, 5.41) is 10.5. The van der Waals surface area contributed by atoms with E-state index in [1.807, 2.05) is 24.3 Å². The fraction of sp³-hybridized carbons (Fsp3) is 0.235. The zero-order chi connectivity index (χ0) is 16.9. The number of hydrogen-bond acceptors (Lipinski definition) is 6. The van der Waals surface area contributed by atoms with Crippen LogP contribution >= 0.6 is 0 Å². The highest BCUT2D eigenvalue weighted by molar-refractivity contribution is 5.78. The first-order valence-corrected chi connectivity index (χ1v) is 7.42. The zero-order valence-corrected chi connectivity index (χ0v) is 13.4. The standard InChI is InChI=1S/C17H17N3O4/c1-11-19-20-16(24-11)10-15(21)18-17(14-8-5-9-23-14)12-6-3-4-7-13(12)22-2/h3-9,17H,10H2,1-2H3,(H,18,21)/t17-/m1/s1. The number of rotatable bonds is 6. The van der Waals surface area contributed by atoms with Gasteiger partial charge in [0.2, 0.25) is 17.7 Å². The molecule has 1 amide bonds. The van der Waals surface area contributed by atoms with Gasteiger partial charge in [-0.25, -0.2) is 0 Å². The molecule has 124 valence electrons. The van der Waals surface area contributed by atoms with Crippen LogP contribution in [0.3, 0.4) is 0 Å². The minimum absolute atomic E-state index is 0.00675. The fourth-order valence-corrected chi connectivity index (χ4v) is 2.42. The Labute approximate surface area is 138 Å². The molecule has 0 radical (unpaired) electrons. The van der Waals surface area contributed by atoms with Gasteiger partial charge in [-0.05, 0) is 18.2 Å². The van der Waals surface area contributed by atoms with Gasteiger partial charge in [-0.15, -0.1) is 10.2 Å². The molecule has 3 rings (SSSR count). The van der Waals surface area contributed by atoms with Crippen molar-refractivity contribution in [1.29, 1.82) is 0 Å². The van der Waals surface area contributed by atoms with Gasteiger partial charge in [0.25, 0.3) is 0 Å². The van der Waals surface area contributed by atoms with Crippen LogP contribution in [0.5, 0.6) is 5.75 Å². The molecule has 7 heteroatoms. The minimum Gasteiger partial charge on any atom is -0.496 e. The molecule has 1 aromatic carbocycles. The summed E-state index contributed by atoms with van der Waals surface area (Å²) in [7, 11) is 1.58. The normalized spacial score (nSPS) is 11.9. The van der Waals surface area contributed by atoms with Crippen LogP contribution in [0.15, 0.2) is 51.5 Å². The number of nitrogens with one attached hydrogen (secondary N) is 1. The average molecular weight is 327 g/mol. The molecule has 3 aromatic rings. The van der Waals surface area contributed by atoms with Gasteiger partial charge in [0, 0.05) is 12.5 Å².